The topological polar surface area (TPSA) is 0 Å². The summed E-state index contributed by atoms with van der Waals surface area (Å²) in [6.45, 7) is 9.18. The molecule has 0 nitrogen and oxygen atoms in total. The monoisotopic (exact) mass is 252 g/mol. The van der Waals surface area contributed by atoms with Crippen LogP contribution in [0.25, 0.3) is 4.91 Å². The number of thioether (sulfide) groups is 1. The molecule has 1 unspecified atom stereocenters. The minimum absolute atomic E-state index is 0.659. The molecule has 2 heteroatoms. The van der Waals surface area contributed by atoms with Crippen molar-refractivity contribution >= 4 is 28.0 Å². The molecule has 0 fully saturated rings. The van der Waals surface area contributed by atoms with Crippen molar-refractivity contribution in [1.29, 1.82) is 0 Å². The van der Waals surface area contributed by atoms with Gasteiger partial charge in [0.2, 0.25) is 0 Å². The second-order valence-electron chi connectivity index (χ2n) is 5.06. The largest absolute Gasteiger partial charge is 0.140 e. The van der Waals surface area contributed by atoms with Gasteiger partial charge >= 0.3 is 0 Å². The summed E-state index contributed by atoms with van der Waals surface area (Å²) in [4.78, 5) is 4.48. The maximum absolute atomic E-state index is 2.42. The minimum Gasteiger partial charge on any atom is -0.140 e. The Balaban J connectivity index is 2.09. The first-order chi connectivity index (χ1) is 7.58. The summed E-state index contributed by atoms with van der Waals surface area (Å²) in [7, 11) is 0. The van der Waals surface area contributed by atoms with E-state index in [9.17, 15) is 0 Å². The van der Waals surface area contributed by atoms with Crippen LogP contribution in [0, 0.1) is 5.92 Å². The smallest absolute Gasteiger partial charge is 0.0406 e. The Morgan fingerprint density at radius 2 is 1.94 bits per heavy atom. The lowest BCUT2D eigenvalue weighted by Gasteiger charge is -2.12. The van der Waals surface area contributed by atoms with E-state index in [1.807, 2.05) is 11.3 Å². The van der Waals surface area contributed by atoms with Crippen LogP contribution in [0.3, 0.4) is 0 Å². The van der Waals surface area contributed by atoms with E-state index in [-0.39, 0.29) is 0 Å². The Labute approximate surface area is 107 Å². The maximum Gasteiger partial charge on any atom is 0.0406 e. The minimum atomic E-state index is 0.659. The van der Waals surface area contributed by atoms with Gasteiger partial charge in [0.1, 0.15) is 0 Å². The molecule has 0 radical (unpaired) electrons. The fourth-order valence-electron chi connectivity index (χ4n) is 1.84. The molecule has 0 aromatic carbocycles. The van der Waals surface area contributed by atoms with Crippen LogP contribution in [0.4, 0.5) is 0 Å². The molecule has 16 heavy (non-hydrogen) atoms. The molecule has 1 aliphatic rings. The van der Waals surface area contributed by atoms with Gasteiger partial charge in [0.05, 0.1) is 0 Å². The third kappa shape index (κ3) is 2.54. The van der Waals surface area contributed by atoms with Crippen molar-refractivity contribution in [2.75, 3.05) is 0 Å². The third-order valence-corrected chi connectivity index (χ3v) is 6.22. The summed E-state index contributed by atoms with van der Waals surface area (Å²) < 4.78 is 0. The summed E-state index contributed by atoms with van der Waals surface area (Å²) in [5.41, 5.74) is 0. The highest BCUT2D eigenvalue weighted by Crippen LogP contribution is 2.44. The Hall–Kier alpha value is -0.210. The predicted octanol–water partition coefficient (Wildman–Crippen LogP) is 5.37. The molecule has 88 valence electrons. The van der Waals surface area contributed by atoms with Gasteiger partial charge in [-0.3, -0.25) is 0 Å². The van der Waals surface area contributed by atoms with Crippen LogP contribution in [0.5, 0.6) is 0 Å². The normalized spacial score (nSPS) is 20.9. The van der Waals surface area contributed by atoms with Gasteiger partial charge in [-0.1, -0.05) is 33.8 Å². The molecule has 0 aliphatic carbocycles. The second kappa shape index (κ2) is 4.97. The number of hydrogen-bond donors (Lipinski definition) is 0. The van der Waals surface area contributed by atoms with Crippen LogP contribution in [-0.4, -0.2) is 5.25 Å². The van der Waals surface area contributed by atoms with Gasteiger partial charge in [-0.2, -0.15) is 0 Å². The van der Waals surface area contributed by atoms with Gasteiger partial charge in [0.25, 0.3) is 0 Å². The van der Waals surface area contributed by atoms with Crippen molar-refractivity contribution in [2.45, 2.75) is 45.3 Å². The van der Waals surface area contributed by atoms with Crippen LogP contribution >= 0.6 is 23.1 Å². The zero-order chi connectivity index (χ0) is 11.7. The summed E-state index contributed by atoms with van der Waals surface area (Å²) in [5, 5.41) is 0.791. The van der Waals surface area contributed by atoms with E-state index in [0.29, 0.717) is 5.92 Å². The molecule has 2 rings (SSSR count). The Bertz CT molecular complexity index is 385. The van der Waals surface area contributed by atoms with Crippen molar-refractivity contribution in [3.63, 3.8) is 0 Å². The Morgan fingerprint density at radius 3 is 2.44 bits per heavy atom. The second-order valence-corrected chi connectivity index (χ2v) is 7.46. The molecule has 0 spiro atoms. The molecule has 0 saturated heterocycles. The number of hydrogen-bond acceptors (Lipinski definition) is 2. The summed E-state index contributed by atoms with van der Waals surface area (Å²) >= 11 is 4.03. The average Bonchev–Trinajstić information content (AvgIpc) is 2.86. The summed E-state index contributed by atoms with van der Waals surface area (Å²) in [6.07, 6.45) is 3.66. The molecular formula is C14H20S2. The lowest BCUT2D eigenvalue weighted by molar-refractivity contribution is 0.618. The van der Waals surface area contributed by atoms with Crippen LogP contribution in [0.1, 0.15) is 49.8 Å². The molecule has 1 aromatic rings. The van der Waals surface area contributed by atoms with Crippen LogP contribution < -0.4 is 0 Å². The number of thiophene rings is 1. The van der Waals surface area contributed by atoms with E-state index in [0.717, 1.165) is 11.2 Å². The lowest BCUT2D eigenvalue weighted by atomic mass is 10.1. The van der Waals surface area contributed by atoms with Crippen LogP contribution in [-0.2, 0) is 0 Å². The molecule has 1 atom stereocenters. The fraction of sp³-hybridized carbons (Fsp3) is 0.571. The van der Waals surface area contributed by atoms with E-state index in [4.69, 9.17) is 0 Å². The Morgan fingerprint density at radius 1 is 1.19 bits per heavy atom. The highest BCUT2D eigenvalue weighted by molar-refractivity contribution is 8.09. The highest BCUT2D eigenvalue weighted by Gasteiger charge is 2.22. The number of rotatable bonds is 3. The quantitative estimate of drug-likeness (QED) is 0.696. The molecule has 0 N–H and O–H groups in total. The van der Waals surface area contributed by atoms with Crippen molar-refractivity contribution in [3.8, 4) is 0 Å². The molecule has 1 aromatic heterocycles. The molecule has 0 amide bonds. The molecule has 0 bridgehead atoms. The van der Waals surface area contributed by atoms with Gasteiger partial charge in [-0.15, -0.1) is 23.1 Å². The molecule has 2 heterocycles. The van der Waals surface area contributed by atoms with Gasteiger partial charge in [0.15, 0.2) is 0 Å². The standard InChI is InChI=1S/C14H20S2/c1-9(2)11-5-7-13(15-11)14-8-6-12(16-14)10(3)4/h5,7-10,12H,6H2,1-4H3. The first kappa shape index (κ1) is 12.3. The zero-order valence-electron chi connectivity index (χ0n) is 10.5. The van der Waals surface area contributed by atoms with Gasteiger partial charge in [0, 0.05) is 19.9 Å². The lowest BCUT2D eigenvalue weighted by Crippen LogP contribution is -2.05. The van der Waals surface area contributed by atoms with Crippen LogP contribution in [0.2, 0.25) is 0 Å². The van der Waals surface area contributed by atoms with Gasteiger partial charge < -0.3 is 0 Å². The van der Waals surface area contributed by atoms with E-state index in [1.54, 1.807) is 0 Å². The predicted molar refractivity (Wildman–Crippen MR) is 77.2 cm³/mol. The van der Waals surface area contributed by atoms with Crippen LogP contribution in [0.15, 0.2) is 18.2 Å². The first-order valence-electron chi connectivity index (χ1n) is 6.05. The van der Waals surface area contributed by atoms with Crippen molar-refractivity contribution in [2.24, 2.45) is 5.92 Å². The third-order valence-electron chi connectivity index (χ3n) is 3.00. The maximum atomic E-state index is 2.42. The van der Waals surface area contributed by atoms with E-state index < -0.39 is 0 Å². The van der Waals surface area contributed by atoms with E-state index >= 15 is 0 Å². The van der Waals surface area contributed by atoms with Gasteiger partial charge in [-0.05, 0) is 30.4 Å². The highest BCUT2D eigenvalue weighted by atomic mass is 32.2. The SMILES string of the molecule is CC(C)c1ccc(C2=CCC(C(C)C)S2)s1. The van der Waals surface area contributed by atoms with Crippen molar-refractivity contribution < 1.29 is 0 Å². The average molecular weight is 252 g/mol. The molecule has 0 saturated carbocycles. The fourth-order valence-corrected chi connectivity index (χ4v) is 4.23. The van der Waals surface area contributed by atoms with E-state index in [2.05, 4.69) is 57.7 Å². The van der Waals surface area contributed by atoms with E-state index in [1.165, 1.54) is 21.1 Å². The zero-order valence-corrected chi connectivity index (χ0v) is 12.1. The number of allylic oxidation sites excluding steroid dienone is 1. The summed E-state index contributed by atoms with van der Waals surface area (Å²) in [6, 6.07) is 4.58. The Kier molecular flexibility index (Phi) is 3.81. The van der Waals surface area contributed by atoms with Crippen molar-refractivity contribution in [3.05, 3.63) is 28.0 Å². The summed E-state index contributed by atoms with van der Waals surface area (Å²) in [5.74, 6) is 1.44. The van der Waals surface area contributed by atoms with Crippen molar-refractivity contribution in [1.82, 2.24) is 0 Å². The van der Waals surface area contributed by atoms with Gasteiger partial charge in [-0.25, -0.2) is 0 Å². The molecular weight excluding hydrogens is 232 g/mol. The molecule has 1 aliphatic heterocycles. The first-order valence-corrected chi connectivity index (χ1v) is 7.74.